The first kappa shape index (κ1) is 16.7. The predicted octanol–water partition coefficient (Wildman–Crippen LogP) is 3.48. The fourth-order valence-electron chi connectivity index (χ4n) is 2.62. The van der Waals surface area contributed by atoms with E-state index in [1.165, 1.54) is 5.56 Å². The van der Waals surface area contributed by atoms with Gasteiger partial charge in [-0.3, -0.25) is 0 Å². The molecule has 0 radical (unpaired) electrons. The Morgan fingerprint density at radius 3 is 2.77 bits per heavy atom. The van der Waals surface area contributed by atoms with Crippen LogP contribution in [0, 0.1) is 0 Å². The highest BCUT2D eigenvalue weighted by Crippen LogP contribution is 2.32. The van der Waals surface area contributed by atoms with Crippen LogP contribution in [0.4, 0.5) is 4.79 Å². The number of benzene rings is 1. The summed E-state index contributed by atoms with van der Waals surface area (Å²) in [6, 6.07) is 6.21. The van der Waals surface area contributed by atoms with Crippen LogP contribution in [0.15, 0.2) is 18.2 Å². The zero-order valence-corrected chi connectivity index (χ0v) is 14.5. The number of carbonyl (C=O) groups is 1. The highest BCUT2D eigenvalue weighted by molar-refractivity contribution is 7.80. The van der Waals surface area contributed by atoms with Crippen molar-refractivity contribution in [2.24, 2.45) is 0 Å². The van der Waals surface area contributed by atoms with E-state index in [2.05, 4.69) is 22.8 Å². The van der Waals surface area contributed by atoms with Gasteiger partial charge in [0.2, 0.25) is 0 Å². The zero-order chi connectivity index (χ0) is 16.3. The predicted molar refractivity (Wildman–Crippen MR) is 92.3 cm³/mol. The summed E-state index contributed by atoms with van der Waals surface area (Å²) >= 11 is 5.35. The highest BCUT2D eigenvalue weighted by atomic mass is 32.1. The summed E-state index contributed by atoms with van der Waals surface area (Å²) in [5.41, 5.74) is 2.97. The fraction of sp³-hybridized carbons (Fsp3) is 0.529. The minimum Gasteiger partial charge on any atom is -0.444 e. The van der Waals surface area contributed by atoms with Gasteiger partial charge in [-0.05, 0) is 57.7 Å². The molecule has 1 aromatic carbocycles. The molecule has 0 fully saturated rings. The molecule has 0 saturated heterocycles. The van der Waals surface area contributed by atoms with E-state index in [4.69, 9.17) is 17.0 Å². The summed E-state index contributed by atoms with van der Waals surface area (Å²) in [5, 5.41) is 6.12. The van der Waals surface area contributed by atoms with Crippen LogP contribution < -0.4 is 10.6 Å². The number of alkyl carbamates (subject to hydrolysis) is 1. The number of amides is 1. The van der Waals surface area contributed by atoms with E-state index >= 15 is 0 Å². The number of hydrogen-bond acceptors (Lipinski definition) is 3. The molecule has 2 rings (SSSR count). The van der Waals surface area contributed by atoms with Crippen molar-refractivity contribution in [3.63, 3.8) is 0 Å². The number of nitrogens with one attached hydrogen (secondary N) is 2. The Hall–Kier alpha value is -1.62. The lowest BCUT2D eigenvalue weighted by Crippen LogP contribution is -2.34. The largest absolute Gasteiger partial charge is 0.444 e. The van der Waals surface area contributed by atoms with Crippen molar-refractivity contribution in [2.75, 3.05) is 6.54 Å². The van der Waals surface area contributed by atoms with Crippen molar-refractivity contribution in [3.05, 3.63) is 34.9 Å². The molecule has 0 aromatic heterocycles. The molecule has 1 unspecified atom stereocenters. The third kappa shape index (κ3) is 4.19. The third-order valence-electron chi connectivity index (χ3n) is 3.51. The Morgan fingerprint density at radius 1 is 1.41 bits per heavy atom. The molecule has 1 amide bonds. The van der Waals surface area contributed by atoms with Crippen molar-refractivity contribution < 1.29 is 9.53 Å². The molecule has 0 aliphatic heterocycles. The van der Waals surface area contributed by atoms with Crippen molar-refractivity contribution in [3.8, 4) is 0 Å². The second kappa shape index (κ2) is 6.65. The first-order valence-electron chi connectivity index (χ1n) is 7.70. The fourth-order valence-corrected chi connectivity index (χ4v) is 2.89. The van der Waals surface area contributed by atoms with E-state index < -0.39 is 5.60 Å². The number of rotatable bonds is 3. The molecule has 1 aliphatic rings. The zero-order valence-electron chi connectivity index (χ0n) is 13.7. The van der Waals surface area contributed by atoms with E-state index in [-0.39, 0.29) is 12.1 Å². The Labute approximate surface area is 137 Å². The minimum atomic E-state index is -0.479. The van der Waals surface area contributed by atoms with Crippen LogP contribution in [0.1, 0.15) is 56.8 Å². The van der Waals surface area contributed by atoms with Crippen LogP contribution >= 0.6 is 12.2 Å². The Morgan fingerprint density at radius 2 is 2.14 bits per heavy atom. The van der Waals surface area contributed by atoms with E-state index in [9.17, 15) is 4.79 Å². The molecule has 0 saturated carbocycles. The maximum Gasteiger partial charge on any atom is 0.408 e. The number of aryl methyl sites for hydroxylation is 1. The maximum atomic E-state index is 11.9. The molecule has 120 valence electrons. The van der Waals surface area contributed by atoms with Crippen LogP contribution in [-0.2, 0) is 11.2 Å². The van der Waals surface area contributed by atoms with Crippen LogP contribution in [0.5, 0.6) is 0 Å². The number of hydrogen-bond donors (Lipinski definition) is 2. The van der Waals surface area contributed by atoms with E-state index in [0.29, 0.717) is 0 Å². The lowest BCUT2D eigenvalue weighted by Gasteiger charge is -2.22. The van der Waals surface area contributed by atoms with E-state index in [1.54, 1.807) is 0 Å². The van der Waals surface area contributed by atoms with Crippen molar-refractivity contribution >= 4 is 23.3 Å². The minimum absolute atomic E-state index is 0.0200. The summed E-state index contributed by atoms with van der Waals surface area (Å²) in [4.78, 5) is 12.7. The standard InChI is InChI=1S/C17H24N2O2S/c1-5-18-15(22)12-6-8-13-11(10-12)7-9-14(13)19-16(20)21-17(2,3)4/h6,8,10,14H,5,7,9H2,1-4H3,(H,18,22)(H,19,20). The molecule has 1 aliphatic carbocycles. The second-order valence-corrected chi connectivity index (χ2v) is 6.92. The van der Waals surface area contributed by atoms with Gasteiger partial charge in [-0.15, -0.1) is 0 Å². The molecule has 0 spiro atoms. The average Bonchev–Trinajstić information content (AvgIpc) is 2.79. The molecular weight excluding hydrogens is 296 g/mol. The Balaban J connectivity index is 2.07. The summed E-state index contributed by atoms with van der Waals surface area (Å²) in [6.07, 6.45) is 1.47. The van der Waals surface area contributed by atoms with Gasteiger partial charge in [-0.1, -0.05) is 24.4 Å². The summed E-state index contributed by atoms with van der Waals surface area (Å²) in [5.74, 6) is 0. The summed E-state index contributed by atoms with van der Waals surface area (Å²) in [7, 11) is 0. The number of carbonyl (C=O) groups excluding carboxylic acids is 1. The van der Waals surface area contributed by atoms with E-state index in [1.807, 2.05) is 33.8 Å². The van der Waals surface area contributed by atoms with Gasteiger partial charge in [0, 0.05) is 12.1 Å². The van der Waals surface area contributed by atoms with Crippen LogP contribution in [0.2, 0.25) is 0 Å². The molecule has 0 bridgehead atoms. The molecule has 1 aromatic rings. The van der Waals surface area contributed by atoms with Crippen molar-refractivity contribution in [1.29, 1.82) is 0 Å². The molecule has 22 heavy (non-hydrogen) atoms. The van der Waals surface area contributed by atoms with Gasteiger partial charge in [-0.2, -0.15) is 0 Å². The highest BCUT2D eigenvalue weighted by Gasteiger charge is 2.26. The van der Waals surface area contributed by atoms with Crippen LogP contribution in [0.3, 0.4) is 0 Å². The lowest BCUT2D eigenvalue weighted by molar-refractivity contribution is 0.0503. The first-order chi connectivity index (χ1) is 10.3. The van der Waals surface area contributed by atoms with Crippen LogP contribution in [-0.4, -0.2) is 23.2 Å². The number of ether oxygens (including phenoxy) is 1. The average molecular weight is 320 g/mol. The molecular formula is C17H24N2O2S. The van der Waals surface area contributed by atoms with Crippen molar-refractivity contribution in [1.82, 2.24) is 10.6 Å². The Kier molecular flexibility index (Phi) is 5.06. The topological polar surface area (TPSA) is 50.4 Å². The van der Waals surface area contributed by atoms with Crippen molar-refractivity contribution in [2.45, 2.75) is 52.2 Å². The van der Waals surface area contributed by atoms with Gasteiger partial charge >= 0.3 is 6.09 Å². The first-order valence-corrected chi connectivity index (χ1v) is 8.11. The SMILES string of the molecule is CCNC(=S)c1ccc2c(c1)CCC2NC(=O)OC(C)(C)C. The lowest BCUT2D eigenvalue weighted by atomic mass is 10.0. The summed E-state index contributed by atoms with van der Waals surface area (Å²) < 4.78 is 5.33. The summed E-state index contributed by atoms with van der Waals surface area (Å²) in [6.45, 7) is 8.44. The van der Waals surface area contributed by atoms with Gasteiger partial charge in [0.1, 0.15) is 10.6 Å². The maximum absolute atomic E-state index is 11.9. The second-order valence-electron chi connectivity index (χ2n) is 6.51. The smallest absolute Gasteiger partial charge is 0.408 e. The van der Waals surface area contributed by atoms with Gasteiger partial charge in [0.25, 0.3) is 0 Å². The molecule has 0 heterocycles. The third-order valence-corrected chi connectivity index (χ3v) is 3.89. The molecule has 2 N–H and O–H groups in total. The monoisotopic (exact) mass is 320 g/mol. The molecule has 1 atom stereocenters. The Bertz CT molecular complexity index is 579. The molecule has 4 nitrogen and oxygen atoms in total. The normalized spacial score (nSPS) is 16.8. The molecule has 5 heteroatoms. The van der Waals surface area contributed by atoms with Gasteiger partial charge < -0.3 is 15.4 Å². The number of fused-ring (bicyclic) bond motifs is 1. The van der Waals surface area contributed by atoms with Crippen LogP contribution in [0.25, 0.3) is 0 Å². The number of thiocarbonyl (C=S) groups is 1. The van der Waals surface area contributed by atoms with Gasteiger partial charge in [0.05, 0.1) is 6.04 Å². The van der Waals surface area contributed by atoms with Gasteiger partial charge in [0.15, 0.2) is 0 Å². The van der Waals surface area contributed by atoms with Gasteiger partial charge in [-0.25, -0.2) is 4.79 Å². The van der Waals surface area contributed by atoms with E-state index in [0.717, 1.165) is 35.5 Å². The quantitative estimate of drug-likeness (QED) is 0.837.